The molecule has 0 bridgehead atoms. The Labute approximate surface area is 148 Å². The van der Waals surface area contributed by atoms with Gasteiger partial charge in [-0.1, -0.05) is 0 Å². The molecule has 2 amide bonds. The predicted molar refractivity (Wildman–Crippen MR) is 93.1 cm³/mol. The molecule has 140 valence electrons. The van der Waals surface area contributed by atoms with Crippen molar-refractivity contribution in [3.8, 4) is 0 Å². The molecular weight excluding hydrogens is 326 g/mol. The lowest BCUT2D eigenvalue weighted by Crippen LogP contribution is -2.44. The Hall–Kier alpha value is -2.35. The van der Waals surface area contributed by atoms with Gasteiger partial charge in [-0.05, 0) is 26.3 Å². The number of esters is 1. The molecule has 8 heteroatoms. The van der Waals surface area contributed by atoms with Gasteiger partial charge in [-0.15, -0.1) is 0 Å². The SMILES string of the molecule is CCNC(=O)N(CCOC)CC(=O)c1c(C)c(C(=O)OC)n(C)c1C. The summed E-state index contributed by atoms with van der Waals surface area (Å²) >= 11 is 0. The highest BCUT2D eigenvalue weighted by Gasteiger charge is 2.27. The van der Waals surface area contributed by atoms with Crippen LogP contribution in [-0.4, -0.2) is 67.7 Å². The van der Waals surface area contributed by atoms with E-state index in [1.54, 1.807) is 25.5 Å². The number of amides is 2. The molecule has 0 saturated carbocycles. The van der Waals surface area contributed by atoms with Crippen LogP contribution >= 0.6 is 0 Å². The Morgan fingerprint density at radius 3 is 2.36 bits per heavy atom. The molecule has 0 fully saturated rings. The maximum Gasteiger partial charge on any atom is 0.354 e. The number of nitrogens with zero attached hydrogens (tertiary/aromatic N) is 2. The van der Waals surface area contributed by atoms with Crippen LogP contribution in [0.2, 0.25) is 0 Å². The highest BCUT2D eigenvalue weighted by molar-refractivity contribution is 6.04. The molecule has 0 aromatic carbocycles. The number of ether oxygens (including phenoxy) is 2. The lowest BCUT2D eigenvalue weighted by molar-refractivity contribution is 0.0588. The molecular formula is C17H27N3O5. The second-order valence-electron chi connectivity index (χ2n) is 5.66. The first-order chi connectivity index (χ1) is 11.8. The zero-order chi connectivity index (χ0) is 19.1. The van der Waals surface area contributed by atoms with Crippen molar-refractivity contribution in [2.24, 2.45) is 7.05 Å². The van der Waals surface area contributed by atoms with Crippen LogP contribution < -0.4 is 5.32 Å². The van der Waals surface area contributed by atoms with Gasteiger partial charge >= 0.3 is 12.0 Å². The standard InChI is InChI=1S/C17H27N3O5/c1-7-18-17(23)20(8-9-24-5)10-13(21)14-11(2)15(16(22)25-6)19(4)12(14)3/h7-10H2,1-6H3,(H,18,23). The summed E-state index contributed by atoms with van der Waals surface area (Å²) in [6.07, 6.45) is 0. The number of hydrogen-bond donors (Lipinski definition) is 1. The van der Waals surface area contributed by atoms with E-state index >= 15 is 0 Å². The van der Waals surface area contributed by atoms with Gasteiger partial charge in [-0.2, -0.15) is 0 Å². The number of Topliss-reactive ketones (excluding diaryl/α,β-unsaturated/α-hetero) is 1. The molecule has 1 rings (SSSR count). The van der Waals surface area contributed by atoms with Crippen LogP contribution in [0.3, 0.4) is 0 Å². The minimum absolute atomic E-state index is 0.0957. The predicted octanol–water partition coefficient (Wildman–Crippen LogP) is 1.29. The summed E-state index contributed by atoms with van der Waals surface area (Å²) in [4.78, 5) is 38.3. The van der Waals surface area contributed by atoms with Gasteiger partial charge in [0, 0.05) is 38.5 Å². The molecule has 0 spiro atoms. The highest BCUT2D eigenvalue weighted by atomic mass is 16.5. The molecule has 1 aromatic heterocycles. The van der Waals surface area contributed by atoms with Crippen LogP contribution in [0.4, 0.5) is 4.79 Å². The normalized spacial score (nSPS) is 10.5. The van der Waals surface area contributed by atoms with E-state index < -0.39 is 5.97 Å². The Bertz CT molecular complexity index is 651. The summed E-state index contributed by atoms with van der Waals surface area (Å²) < 4.78 is 11.4. The lowest BCUT2D eigenvalue weighted by Gasteiger charge is -2.22. The van der Waals surface area contributed by atoms with E-state index in [0.717, 1.165) is 0 Å². The molecule has 8 nitrogen and oxygen atoms in total. The number of carbonyl (C=O) groups excluding carboxylic acids is 3. The third-order valence-electron chi connectivity index (χ3n) is 4.10. The van der Waals surface area contributed by atoms with Crippen molar-refractivity contribution in [1.29, 1.82) is 0 Å². The first-order valence-electron chi connectivity index (χ1n) is 8.09. The smallest absolute Gasteiger partial charge is 0.354 e. The second kappa shape index (κ2) is 9.22. The van der Waals surface area contributed by atoms with Gasteiger partial charge in [0.2, 0.25) is 0 Å². The minimum Gasteiger partial charge on any atom is -0.464 e. The minimum atomic E-state index is -0.498. The fourth-order valence-corrected chi connectivity index (χ4v) is 2.74. The van der Waals surface area contributed by atoms with Gasteiger partial charge in [-0.25, -0.2) is 9.59 Å². The summed E-state index contributed by atoms with van der Waals surface area (Å²) in [5.41, 5.74) is 1.99. The highest BCUT2D eigenvalue weighted by Crippen LogP contribution is 2.22. The molecule has 0 aliphatic rings. The maximum atomic E-state index is 12.8. The van der Waals surface area contributed by atoms with E-state index in [1.807, 2.05) is 6.92 Å². The summed E-state index contributed by atoms with van der Waals surface area (Å²) in [5, 5.41) is 2.68. The summed E-state index contributed by atoms with van der Waals surface area (Å²) in [6, 6.07) is -0.327. The fraction of sp³-hybridized carbons (Fsp3) is 0.588. The third-order valence-corrected chi connectivity index (χ3v) is 4.10. The van der Waals surface area contributed by atoms with Crippen molar-refractivity contribution < 1.29 is 23.9 Å². The number of ketones is 1. The molecule has 1 heterocycles. The number of nitrogens with one attached hydrogen (secondary N) is 1. The largest absolute Gasteiger partial charge is 0.464 e. The van der Waals surface area contributed by atoms with Crippen molar-refractivity contribution in [1.82, 2.24) is 14.8 Å². The summed E-state index contributed by atoms with van der Waals surface area (Å²) in [5.74, 6) is -0.731. The van der Waals surface area contributed by atoms with E-state index in [1.165, 1.54) is 19.1 Å². The molecule has 0 saturated heterocycles. The molecule has 0 atom stereocenters. The zero-order valence-corrected chi connectivity index (χ0v) is 15.8. The van der Waals surface area contributed by atoms with Crippen LogP contribution in [0.1, 0.15) is 39.0 Å². The molecule has 0 unspecified atom stereocenters. The Morgan fingerprint density at radius 1 is 1.20 bits per heavy atom. The molecule has 0 aliphatic heterocycles. The molecule has 1 aromatic rings. The number of methoxy groups -OCH3 is 2. The summed E-state index contributed by atoms with van der Waals surface area (Å²) in [7, 11) is 4.54. The van der Waals surface area contributed by atoms with E-state index in [2.05, 4.69) is 5.32 Å². The van der Waals surface area contributed by atoms with Crippen LogP contribution in [0, 0.1) is 13.8 Å². The second-order valence-corrected chi connectivity index (χ2v) is 5.66. The molecule has 0 radical (unpaired) electrons. The fourth-order valence-electron chi connectivity index (χ4n) is 2.74. The van der Waals surface area contributed by atoms with Gasteiger partial charge in [-0.3, -0.25) is 4.79 Å². The van der Waals surface area contributed by atoms with Crippen molar-refractivity contribution in [2.45, 2.75) is 20.8 Å². The molecule has 0 aliphatic carbocycles. The van der Waals surface area contributed by atoms with Crippen molar-refractivity contribution in [3.63, 3.8) is 0 Å². The molecule has 1 N–H and O–H groups in total. The average Bonchev–Trinajstić information content (AvgIpc) is 2.80. The average molecular weight is 353 g/mol. The number of carbonyl (C=O) groups is 3. The Kier molecular flexibility index (Phi) is 7.63. The van der Waals surface area contributed by atoms with E-state index in [4.69, 9.17) is 9.47 Å². The topological polar surface area (TPSA) is 89.9 Å². The van der Waals surface area contributed by atoms with E-state index in [0.29, 0.717) is 42.2 Å². The van der Waals surface area contributed by atoms with E-state index in [-0.39, 0.29) is 18.4 Å². The van der Waals surface area contributed by atoms with Gasteiger partial charge in [0.15, 0.2) is 5.78 Å². The van der Waals surface area contributed by atoms with Crippen LogP contribution in [0.15, 0.2) is 0 Å². The van der Waals surface area contributed by atoms with Crippen molar-refractivity contribution in [3.05, 3.63) is 22.5 Å². The Balaban J connectivity index is 3.13. The summed E-state index contributed by atoms with van der Waals surface area (Å²) in [6.45, 7) is 6.26. The van der Waals surface area contributed by atoms with Crippen molar-refractivity contribution >= 4 is 17.8 Å². The van der Waals surface area contributed by atoms with Gasteiger partial charge < -0.3 is 24.3 Å². The first kappa shape index (κ1) is 20.7. The lowest BCUT2D eigenvalue weighted by atomic mass is 10.1. The van der Waals surface area contributed by atoms with E-state index in [9.17, 15) is 14.4 Å². The van der Waals surface area contributed by atoms with Gasteiger partial charge in [0.05, 0.1) is 20.3 Å². The number of aromatic nitrogens is 1. The maximum absolute atomic E-state index is 12.8. The Morgan fingerprint density at radius 2 is 1.84 bits per heavy atom. The number of urea groups is 1. The van der Waals surface area contributed by atoms with Crippen LogP contribution in [-0.2, 0) is 16.5 Å². The molecule has 25 heavy (non-hydrogen) atoms. The third kappa shape index (κ3) is 4.60. The first-order valence-corrected chi connectivity index (χ1v) is 8.09. The van der Waals surface area contributed by atoms with Gasteiger partial charge in [0.25, 0.3) is 0 Å². The quantitative estimate of drug-likeness (QED) is 0.562. The number of hydrogen-bond acceptors (Lipinski definition) is 5. The zero-order valence-electron chi connectivity index (χ0n) is 15.8. The van der Waals surface area contributed by atoms with Crippen molar-refractivity contribution in [2.75, 3.05) is 40.5 Å². The monoisotopic (exact) mass is 353 g/mol. The number of rotatable bonds is 8. The van der Waals surface area contributed by atoms with Crippen LogP contribution in [0.5, 0.6) is 0 Å². The van der Waals surface area contributed by atoms with Gasteiger partial charge in [0.1, 0.15) is 5.69 Å². The van der Waals surface area contributed by atoms with Crippen LogP contribution in [0.25, 0.3) is 0 Å².